The molecule has 4 nitrogen and oxygen atoms in total. The first kappa shape index (κ1) is 18.5. The average molecular weight is 371 g/mol. The minimum absolute atomic E-state index is 0.0974. The molecule has 2 aromatic carbocycles. The summed E-state index contributed by atoms with van der Waals surface area (Å²) < 4.78 is 11.7. The van der Waals surface area contributed by atoms with E-state index in [9.17, 15) is 0 Å². The van der Waals surface area contributed by atoms with Crippen molar-refractivity contribution < 1.29 is 9.47 Å². The van der Waals surface area contributed by atoms with Gasteiger partial charge in [-0.25, -0.2) is 0 Å². The molecule has 1 saturated carbocycles. The van der Waals surface area contributed by atoms with Crippen molar-refractivity contribution in [3.05, 3.63) is 54.6 Å². The predicted molar refractivity (Wildman–Crippen MR) is 110 cm³/mol. The number of thiocarbonyl (C=S) groups is 1. The molecular formula is C21H26N2O2S. The number of anilines is 1. The highest BCUT2D eigenvalue weighted by molar-refractivity contribution is 7.80. The SMILES string of the molecule is C[C@@H](COc1ccccc1)NC(=S)Nc1ccc(OC2CCCC2)cc1. The smallest absolute Gasteiger partial charge is 0.171 e. The average Bonchev–Trinajstić information content (AvgIpc) is 3.15. The highest BCUT2D eigenvalue weighted by Crippen LogP contribution is 2.25. The van der Waals surface area contributed by atoms with E-state index in [0.29, 0.717) is 17.8 Å². The van der Waals surface area contributed by atoms with Crippen molar-refractivity contribution in [3.63, 3.8) is 0 Å². The number of ether oxygens (including phenoxy) is 2. The van der Waals surface area contributed by atoms with E-state index in [4.69, 9.17) is 21.7 Å². The van der Waals surface area contributed by atoms with E-state index in [1.54, 1.807) is 0 Å². The van der Waals surface area contributed by atoms with Gasteiger partial charge >= 0.3 is 0 Å². The lowest BCUT2D eigenvalue weighted by Crippen LogP contribution is -2.39. The third kappa shape index (κ3) is 5.92. The zero-order valence-electron chi connectivity index (χ0n) is 15.1. The molecule has 0 aromatic heterocycles. The highest BCUT2D eigenvalue weighted by Gasteiger charge is 2.16. The summed E-state index contributed by atoms with van der Waals surface area (Å²) >= 11 is 5.38. The van der Waals surface area contributed by atoms with Crippen molar-refractivity contribution in [2.45, 2.75) is 44.8 Å². The summed E-state index contributed by atoms with van der Waals surface area (Å²) in [5, 5.41) is 7.02. The Bertz CT molecular complexity index is 685. The molecule has 5 heteroatoms. The van der Waals surface area contributed by atoms with E-state index in [1.165, 1.54) is 12.8 Å². The van der Waals surface area contributed by atoms with Crippen molar-refractivity contribution in [2.24, 2.45) is 0 Å². The largest absolute Gasteiger partial charge is 0.491 e. The molecule has 0 heterocycles. The van der Waals surface area contributed by atoms with E-state index < -0.39 is 0 Å². The molecule has 1 fully saturated rings. The lowest BCUT2D eigenvalue weighted by molar-refractivity contribution is 0.210. The molecule has 0 amide bonds. The van der Waals surface area contributed by atoms with Crippen LogP contribution in [0, 0.1) is 0 Å². The lowest BCUT2D eigenvalue weighted by Gasteiger charge is -2.18. The zero-order valence-corrected chi connectivity index (χ0v) is 15.9. The third-order valence-electron chi connectivity index (χ3n) is 4.34. The van der Waals surface area contributed by atoms with E-state index >= 15 is 0 Å². The van der Waals surface area contributed by atoms with Crippen LogP contribution in [0.3, 0.4) is 0 Å². The molecule has 0 bridgehead atoms. The Kier molecular flexibility index (Phi) is 6.72. The van der Waals surface area contributed by atoms with Gasteiger partial charge in [0.2, 0.25) is 0 Å². The number of benzene rings is 2. The zero-order chi connectivity index (χ0) is 18.2. The first-order chi connectivity index (χ1) is 12.7. The molecule has 1 aliphatic carbocycles. The topological polar surface area (TPSA) is 42.5 Å². The predicted octanol–water partition coefficient (Wildman–Crippen LogP) is 4.76. The number of nitrogens with one attached hydrogen (secondary N) is 2. The van der Waals surface area contributed by atoms with Gasteiger partial charge in [-0.2, -0.15) is 0 Å². The van der Waals surface area contributed by atoms with Crippen LogP contribution < -0.4 is 20.1 Å². The van der Waals surface area contributed by atoms with Crippen molar-refractivity contribution in [1.82, 2.24) is 5.32 Å². The van der Waals surface area contributed by atoms with Crippen LogP contribution in [0.4, 0.5) is 5.69 Å². The molecule has 2 aromatic rings. The normalized spacial score (nSPS) is 15.3. The molecule has 0 unspecified atom stereocenters. The van der Waals surface area contributed by atoms with E-state index in [1.807, 2.05) is 61.5 Å². The second-order valence-corrected chi connectivity index (χ2v) is 7.08. The van der Waals surface area contributed by atoms with Crippen LogP contribution in [-0.2, 0) is 0 Å². The van der Waals surface area contributed by atoms with E-state index in [-0.39, 0.29) is 6.04 Å². The van der Waals surface area contributed by atoms with Crippen LogP contribution in [0.5, 0.6) is 11.5 Å². The summed E-state index contributed by atoms with van der Waals surface area (Å²) in [5.41, 5.74) is 0.942. The Morgan fingerprint density at radius 3 is 2.42 bits per heavy atom. The number of rotatable bonds is 7. The Hall–Kier alpha value is -2.27. The molecule has 1 atom stereocenters. The maximum Gasteiger partial charge on any atom is 0.171 e. The number of hydrogen-bond acceptors (Lipinski definition) is 3. The van der Waals surface area contributed by atoms with Crippen molar-refractivity contribution >= 4 is 23.0 Å². The van der Waals surface area contributed by atoms with Gasteiger partial charge in [-0.3, -0.25) is 0 Å². The second kappa shape index (κ2) is 9.43. The Labute approximate surface area is 160 Å². The van der Waals surface area contributed by atoms with Gasteiger partial charge in [0.25, 0.3) is 0 Å². The van der Waals surface area contributed by atoms with E-state index in [0.717, 1.165) is 30.0 Å². The van der Waals surface area contributed by atoms with E-state index in [2.05, 4.69) is 10.6 Å². The second-order valence-electron chi connectivity index (χ2n) is 6.67. The minimum Gasteiger partial charge on any atom is -0.491 e. The van der Waals surface area contributed by atoms with Crippen molar-refractivity contribution in [1.29, 1.82) is 0 Å². The van der Waals surface area contributed by atoms with Gasteiger partial charge in [0.05, 0.1) is 12.1 Å². The fourth-order valence-electron chi connectivity index (χ4n) is 2.99. The number of para-hydroxylation sites is 1. The van der Waals surface area contributed by atoms with Gasteiger partial charge in [0, 0.05) is 5.69 Å². The van der Waals surface area contributed by atoms with Gasteiger partial charge in [0.15, 0.2) is 5.11 Å². The molecule has 0 aliphatic heterocycles. The fraction of sp³-hybridized carbons (Fsp3) is 0.381. The van der Waals surface area contributed by atoms with Gasteiger partial charge in [-0.1, -0.05) is 18.2 Å². The molecule has 0 saturated heterocycles. The Morgan fingerprint density at radius 2 is 1.73 bits per heavy atom. The van der Waals surface area contributed by atoms with Crippen LogP contribution in [0.15, 0.2) is 54.6 Å². The van der Waals surface area contributed by atoms with Gasteiger partial charge < -0.3 is 20.1 Å². The van der Waals surface area contributed by atoms with Crippen molar-refractivity contribution in [2.75, 3.05) is 11.9 Å². The van der Waals surface area contributed by atoms with Crippen LogP contribution >= 0.6 is 12.2 Å². The standard InChI is InChI=1S/C21H26N2O2S/c1-16(15-24-18-7-3-2-4-8-18)22-21(26)23-17-11-13-20(14-12-17)25-19-9-5-6-10-19/h2-4,7-8,11-14,16,19H,5-6,9-10,15H2,1H3,(H2,22,23,26)/t16-/m0/s1. The molecule has 26 heavy (non-hydrogen) atoms. The van der Waals surface area contributed by atoms with Crippen LogP contribution in [0.2, 0.25) is 0 Å². The molecule has 138 valence electrons. The summed E-state index contributed by atoms with van der Waals surface area (Å²) in [6.07, 6.45) is 5.25. The molecule has 3 rings (SSSR count). The summed E-state index contributed by atoms with van der Waals surface area (Å²) in [7, 11) is 0. The molecule has 2 N–H and O–H groups in total. The first-order valence-electron chi connectivity index (χ1n) is 9.21. The Balaban J connectivity index is 1.40. The van der Waals surface area contributed by atoms with Gasteiger partial charge in [-0.15, -0.1) is 0 Å². The van der Waals surface area contributed by atoms with Crippen molar-refractivity contribution in [3.8, 4) is 11.5 Å². The summed E-state index contributed by atoms with van der Waals surface area (Å²) in [6.45, 7) is 2.58. The molecule has 1 aliphatic rings. The number of hydrogen-bond donors (Lipinski definition) is 2. The Morgan fingerprint density at radius 1 is 1.04 bits per heavy atom. The quantitative estimate of drug-likeness (QED) is 0.688. The first-order valence-corrected chi connectivity index (χ1v) is 9.62. The van der Waals surface area contributed by atoms with Crippen LogP contribution in [-0.4, -0.2) is 23.9 Å². The summed E-state index contributed by atoms with van der Waals surface area (Å²) in [4.78, 5) is 0. The molecular weight excluding hydrogens is 344 g/mol. The highest BCUT2D eigenvalue weighted by atomic mass is 32.1. The van der Waals surface area contributed by atoms with Gasteiger partial charge in [0.1, 0.15) is 18.1 Å². The maximum atomic E-state index is 5.98. The third-order valence-corrected chi connectivity index (χ3v) is 4.56. The van der Waals surface area contributed by atoms with Crippen LogP contribution in [0.1, 0.15) is 32.6 Å². The summed E-state index contributed by atoms with van der Waals surface area (Å²) in [6, 6.07) is 17.8. The fourth-order valence-corrected chi connectivity index (χ4v) is 3.31. The maximum absolute atomic E-state index is 5.98. The van der Waals surface area contributed by atoms with Crippen LogP contribution in [0.25, 0.3) is 0 Å². The molecule has 0 radical (unpaired) electrons. The summed E-state index contributed by atoms with van der Waals surface area (Å²) in [5.74, 6) is 1.78. The van der Waals surface area contributed by atoms with Gasteiger partial charge in [-0.05, 0) is 81.2 Å². The lowest BCUT2D eigenvalue weighted by atomic mass is 10.2. The monoisotopic (exact) mass is 370 g/mol. The molecule has 0 spiro atoms. The minimum atomic E-state index is 0.0974.